The van der Waals surface area contributed by atoms with E-state index in [4.69, 9.17) is 18.9 Å². The number of benzene rings is 3. The molecule has 0 unspecified atom stereocenters. The van der Waals surface area contributed by atoms with Crippen molar-refractivity contribution < 1.29 is 28.8 Å². The quantitative estimate of drug-likeness (QED) is 0.589. The van der Waals surface area contributed by atoms with Crippen molar-refractivity contribution in [1.82, 2.24) is 0 Å². The van der Waals surface area contributed by atoms with Gasteiger partial charge < -0.3 is 24.1 Å². The normalized spacial score (nSPS) is 13.6. The summed E-state index contributed by atoms with van der Waals surface area (Å²) in [5, 5.41) is 10.7. The van der Waals surface area contributed by atoms with Gasteiger partial charge in [0.2, 0.25) is 11.5 Å². The van der Waals surface area contributed by atoms with Crippen molar-refractivity contribution in [1.29, 1.82) is 0 Å². The largest absolute Gasteiger partial charge is 0.507 e. The fourth-order valence-electron chi connectivity index (χ4n) is 3.61. The van der Waals surface area contributed by atoms with Crippen molar-refractivity contribution in [2.45, 2.75) is 6.42 Å². The van der Waals surface area contributed by atoms with Gasteiger partial charge in [-0.25, -0.2) is 0 Å². The average molecular weight is 418 g/mol. The Morgan fingerprint density at radius 3 is 2.32 bits per heavy atom. The van der Waals surface area contributed by atoms with Crippen molar-refractivity contribution in [2.75, 3.05) is 21.3 Å². The number of carbonyl (C=O) groups is 1. The highest BCUT2D eigenvalue weighted by atomic mass is 16.5. The summed E-state index contributed by atoms with van der Waals surface area (Å²) >= 11 is 0. The van der Waals surface area contributed by atoms with Gasteiger partial charge in [0, 0.05) is 0 Å². The van der Waals surface area contributed by atoms with Crippen LogP contribution in [0.2, 0.25) is 0 Å². The number of ketones is 1. The Morgan fingerprint density at radius 1 is 0.903 bits per heavy atom. The van der Waals surface area contributed by atoms with Gasteiger partial charge in [-0.05, 0) is 47.9 Å². The van der Waals surface area contributed by atoms with Crippen LogP contribution in [-0.4, -0.2) is 32.2 Å². The number of ether oxygens (including phenoxy) is 4. The number of aromatic hydroxyl groups is 1. The van der Waals surface area contributed by atoms with Gasteiger partial charge in [-0.2, -0.15) is 0 Å². The molecule has 6 nitrogen and oxygen atoms in total. The molecule has 0 spiro atoms. The van der Waals surface area contributed by atoms with Crippen LogP contribution >= 0.6 is 0 Å². The van der Waals surface area contributed by atoms with Crippen LogP contribution in [0, 0.1) is 0 Å². The highest BCUT2D eigenvalue weighted by molar-refractivity contribution is 6.15. The molecule has 4 rings (SSSR count). The summed E-state index contributed by atoms with van der Waals surface area (Å²) in [6.07, 6.45) is 2.12. The van der Waals surface area contributed by atoms with Crippen LogP contribution in [0.3, 0.4) is 0 Å². The minimum Gasteiger partial charge on any atom is -0.507 e. The second-order valence-electron chi connectivity index (χ2n) is 7.01. The van der Waals surface area contributed by atoms with Crippen molar-refractivity contribution in [3.8, 4) is 28.7 Å². The van der Waals surface area contributed by atoms with E-state index in [0.717, 1.165) is 11.1 Å². The van der Waals surface area contributed by atoms with Crippen LogP contribution in [-0.2, 0) is 6.42 Å². The monoisotopic (exact) mass is 418 g/mol. The molecule has 31 heavy (non-hydrogen) atoms. The SMILES string of the molecule is COc1cc(Cc2ccccc2)cc(O)c1C=C1Oc2c(ccc(OC)c2OC)C1=O. The van der Waals surface area contributed by atoms with E-state index in [2.05, 4.69) is 0 Å². The molecule has 0 radical (unpaired) electrons. The van der Waals surface area contributed by atoms with Crippen LogP contribution in [0.4, 0.5) is 0 Å². The molecule has 0 atom stereocenters. The highest BCUT2D eigenvalue weighted by Gasteiger charge is 2.32. The van der Waals surface area contributed by atoms with Crippen molar-refractivity contribution in [3.05, 3.63) is 82.6 Å². The zero-order chi connectivity index (χ0) is 22.0. The van der Waals surface area contributed by atoms with E-state index in [1.54, 1.807) is 18.2 Å². The number of hydrogen-bond donors (Lipinski definition) is 1. The summed E-state index contributed by atoms with van der Waals surface area (Å²) in [4.78, 5) is 12.9. The van der Waals surface area contributed by atoms with E-state index in [-0.39, 0.29) is 23.0 Å². The minimum atomic E-state index is -0.314. The maximum atomic E-state index is 12.9. The van der Waals surface area contributed by atoms with Gasteiger partial charge in [0.25, 0.3) is 0 Å². The Morgan fingerprint density at radius 2 is 1.65 bits per heavy atom. The highest BCUT2D eigenvalue weighted by Crippen LogP contribution is 2.46. The molecule has 0 aromatic heterocycles. The first-order valence-electron chi connectivity index (χ1n) is 9.68. The summed E-state index contributed by atoms with van der Waals surface area (Å²) in [7, 11) is 4.51. The number of carbonyl (C=O) groups excluding carboxylic acids is 1. The molecular weight excluding hydrogens is 396 g/mol. The molecule has 1 N–H and O–H groups in total. The van der Waals surface area contributed by atoms with Crippen molar-refractivity contribution >= 4 is 11.9 Å². The smallest absolute Gasteiger partial charge is 0.232 e. The molecule has 0 fully saturated rings. The molecule has 3 aromatic rings. The maximum Gasteiger partial charge on any atom is 0.232 e. The Balaban J connectivity index is 1.71. The Labute approximate surface area is 180 Å². The first-order valence-corrected chi connectivity index (χ1v) is 9.68. The average Bonchev–Trinajstić information content (AvgIpc) is 3.10. The third-order valence-corrected chi connectivity index (χ3v) is 5.11. The number of phenolic OH excluding ortho intramolecular Hbond substituents is 1. The summed E-state index contributed by atoms with van der Waals surface area (Å²) in [5.74, 6) is 1.27. The maximum absolute atomic E-state index is 12.9. The van der Waals surface area contributed by atoms with Crippen LogP contribution < -0.4 is 18.9 Å². The van der Waals surface area contributed by atoms with Gasteiger partial charge in [0.15, 0.2) is 17.3 Å². The van der Waals surface area contributed by atoms with Gasteiger partial charge in [-0.1, -0.05) is 30.3 Å². The van der Waals surface area contributed by atoms with E-state index < -0.39 is 0 Å². The number of allylic oxidation sites excluding steroid dienone is 1. The fraction of sp³-hybridized carbons (Fsp3) is 0.160. The van der Waals surface area contributed by atoms with E-state index in [1.807, 2.05) is 36.4 Å². The molecule has 0 amide bonds. The molecule has 0 bridgehead atoms. The lowest BCUT2D eigenvalue weighted by molar-refractivity contribution is 0.101. The topological polar surface area (TPSA) is 74.2 Å². The number of methoxy groups -OCH3 is 3. The molecule has 1 aliphatic heterocycles. The van der Waals surface area contributed by atoms with Gasteiger partial charge >= 0.3 is 0 Å². The standard InChI is InChI=1S/C25H22O6/c1-28-20-10-9-17-23(27)22(31-24(17)25(20)30-3)14-18-19(26)12-16(13-21(18)29-2)11-15-7-5-4-6-8-15/h4-10,12-14,26H,11H2,1-3H3. The third kappa shape index (κ3) is 3.80. The lowest BCUT2D eigenvalue weighted by atomic mass is 10.0. The van der Waals surface area contributed by atoms with Crippen LogP contribution in [0.1, 0.15) is 27.0 Å². The molecule has 6 heteroatoms. The summed E-state index contributed by atoms with van der Waals surface area (Å²) < 4.78 is 21.9. The molecular formula is C25H22O6. The summed E-state index contributed by atoms with van der Waals surface area (Å²) in [5.41, 5.74) is 2.72. The second-order valence-corrected chi connectivity index (χ2v) is 7.01. The molecule has 0 saturated carbocycles. The Kier molecular flexibility index (Phi) is 5.54. The lowest BCUT2D eigenvalue weighted by Crippen LogP contribution is -2.00. The van der Waals surface area contributed by atoms with E-state index in [0.29, 0.717) is 34.8 Å². The molecule has 0 saturated heterocycles. The van der Waals surface area contributed by atoms with Gasteiger partial charge in [0.05, 0.1) is 32.5 Å². The van der Waals surface area contributed by atoms with E-state index >= 15 is 0 Å². The van der Waals surface area contributed by atoms with Gasteiger partial charge in [-0.15, -0.1) is 0 Å². The molecule has 1 aliphatic rings. The summed E-state index contributed by atoms with van der Waals surface area (Å²) in [6, 6.07) is 16.7. The third-order valence-electron chi connectivity index (χ3n) is 5.11. The zero-order valence-electron chi connectivity index (χ0n) is 17.5. The number of hydrogen-bond acceptors (Lipinski definition) is 6. The van der Waals surface area contributed by atoms with Crippen molar-refractivity contribution in [2.24, 2.45) is 0 Å². The zero-order valence-corrected chi connectivity index (χ0v) is 17.5. The Bertz CT molecular complexity index is 1160. The molecule has 0 aliphatic carbocycles. The van der Waals surface area contributed by atoms with Gasteiger partial charge in [-0.3, -0.25) is 4.79 Å². The van der Waals surface area contributed by atoms with Gasteiger partial charge in [0.1, 0.15) is 11.5 Å². The summed E-state index contributed by atoms with van der Waals surface area (Å²) in [6.45, 7) is 0. The van der Waals surface area contributed by atoms with Crippen LogP contribution in [0.15, 0.2) is 60.4 Å². The van der Waals surface area contributed by atoms with Crippen LogP contribution in [0.5, 0.6) is 28.7 Å². The predicted molar refractivity (Wildman–Crippen MR) is 116 cm³/mol. The van der Waals surface area contributed by atoms with E-state index in [1.165, 1.54) is 27.4 Å². The molecule has 158 valence electrons. The fourth-order valence-corrected chi connectivity index (χ4v) is 3.61. The minimum absolute atomic E-state index is 0.00492. The first-order chi connectivity index (χ1) is 15.0. The molecule has 3 aromatic carbocycles. The Hall–Kier alpha value is -3.93. The second kappa shape index (κ2) is 8.44. The van der Waals surface area contributed by atoms with E-state index in [9.17, 15) is 9.90 Å². The number of phenols is 1. The lowest BCUT2D eigenvalue weighted by Gasteiger charge is -2.12. The first kappa shape index (κ1) is 20.3. The van der Waals surface area contributed by atoms with Crippen molar-refractivity contribution in [3.63, 3.8) is 0 Å². The molecule has 1 heterocycles. The number of rotatable bonds is 6. The predicted octanol–water partition coefficient (Wildman–Crippen LogP) is 4.63. The number of fused-ring (bicyclic) bond motifs is 1. The number of Topliss-reactive ketones (excluding diaryl/α,β-unsaturated/α-hetero) is 1. The van der Waals surface area contributed by atoms with Crippen LogP contribution in [0.25, 0.3) is 6.08 Å².